The first-order valence-corrected chi connectivity index (χ1v) is 8.50. The second-order valence-corrected chi connectivity index (χ2v) is 6.62. The number of hydrogen-bond donors (Lipinski definition) is 1. The van der Waals surface area contributed by atoms with Gasteiger partial charge in [0.1, 0.15) is 11.6 Å². The van der Waals surface area contributed by atoms with E-state index in [0.717, 1.165) is 58.6 Å². The van der Waals surface area contributed by atoms with Crippen molar-refractivity contribution in [1.29, 1.82) is 0 Å². The summed E-state index contributed by atoms with van der Waals surface area (Å²) in [5.41, 5.74) is 5.74. The van der Waals surface area contributed by atoms with Gasteiger partial charge in [-0.15, -0.1) is 0 Å². The quantitative estimate of drug-likeness (QED) is 0.588. The summed E-state index contributed by atoms with van der Waals surface area (Å²) in [6.07, 6.45) is 3.92. The van der Waals surface area contributed by atoms with Crippen molar-refractivity contribution in [2.45, 2.75) is 26.3 Å². The minimum atomic E-state index is -0.184. The number of aryl methyl sites for hydroxylation is 2. The molecular formula is C20H17FN4. The first-order valence-electron chi connectivity index (χ1n) is 8.50. The van der Waals surface area contributed by atoms with E-state index in [1.165, 1.54) is 6.07 Å². The second-order valence-electron chi connectivity index (χ2n) is 6.62. The first kappa shape index (κ1) is 14.4. The number of fused-ring (bicyclic) bond motifs is 2. The molecule has 4 nitrogen and oxygen atoms in total. The summed E-state index contributed by atoms with van der Waals surface area (Å²) in [6, 6.07) is 11.5. The Morgan fingerprint density at radius 2 is 2.00 bits per heavy atom. The maximum atomic E-state index is 13.7. The number of halogens is 1. The Balaban J connectivity index is 1.76. The molecule has 5 rings (SSSR count). The molecular weight excluding hydrogens is 315 g/mol. The number of H-pyrrole nitrogens is 1. The van der Waals surface area contributed by atoms with E-state index < -0.39 is 0 Å². The predicted molar refractivity (Wildman–Crippen MR) is 95.8 cm³/mol. The van der Waals surface area contributed by atoms with Crippen LogP contribution in [0.2, 0.25) is 0 Å². The van der Waals surface area contributed by atoms with Gasteiger partial charge in [0.15, 0.2) is 0 Å². The Morgan fingerprint density at radius 1 is 1.12 bits per heavy atom. The number of imidazole rings is 1. The summed E-state index contributed by atoms with van der Waals surface area (Å²) >= 11 is 0. The number of aromatic amines is 1. The Morgan fingerprint density at radius 3 is 2.88 bits per heavy atom. The molecule has 0 bridgehead atoms. The molecule has 0 atom stereocenters. The van der Waals surface area contributed by atoms with E-state index in [1.54, 1.807) is 6.92 Å². The standard InChI is InChI=1S/C20H17FN4/c1-12-9-13(6-7-16(12)21)19-20(25-8-2-3-18(25)23-19)14-4-5-15-11-22-24-17(15)10-14/h4-7,9-11H,2-3,8H2,1H3,(H,22,24). The van der Waals surface area contributed by atoms with Crippen LogP contribution in [0.25, 0.3) is 33.4 Å². The molecule has 1 aliphatic rings. The zero-order valence-corrected chi connectivity index (χ0v) is 13.9. The molecule has 0 saturated carbocycles. The Hall–Kier alpha value is -2.95. The number of hydrogen-bond acceptors (Lipinski definition) is 2. The summed E-state index contributed by atoms with van der Waals surface area (Å²) in [6.45, 7) is 2.76. The molecule has 25 heavy (non-hydrogen) atoms. The van der Waals surface area contributed by atoms with Crippen LogP contribution in [0.4, 0.5) is 4.39 Å². The lowest BCUT2D eigenvalue weighted by Gasteiger charge is -2.09. The minimum Gasteiger partial charge on any atom is -0.327 e. The van der Waals surface area contributed by atoms with Crippen molar-refractivity contribution < 1.29 is 4.39 Å². The third-order valence-corrected chi connectivity index (χ3v) is 4.98. The molecule has 2 aromatic heterocycles. The lowest BCUT2D eigenvalue weighted by Crippen LogP contribution is -1.96. The van der Waals surface area contributed by atoms with E-state index in [0.29, 0.717) is 5.56 Å². The van der Waals surface area contributed by atoms with E-state index >= 15 is 0 Å². The number of nitrogens with one attached hydrogen (secondary N) is 1. The van der Waals surface area contributed by atoms with Gasteiger partial charge in [-0.05, 0) is 43.2 Å². The van der Waals surface area contributed by atoms with Crippen molar-refractivity contribution in [1.82, 2.24) is 19.7 Å². The summed E-state index contributed by atoms with van der Waals surface area (Å²) in [5, 5.41) is 8.23. The zero-order valence-electron chi connectivity index (χ0n) is 13.9. The van der Waals surface area contributed by atoms with Gasteiger partial charge in [0, 0.05) is 29.5 Å². The molecule has 4 aromatic rings. The molecule has 0 spiro atoms. The minimum absolute atomic E-state index is 0.184. The van der Waals surface area contributed by atoms with Gasteiger partial charge in [-0.1, -0.05) is 12.1 Å². The van der Waals surface area contributed by atoms with Gasteiger partial charge in [0.25, 0.3) is 0 Å². The van der Waals surface area contributed by atoms with E-state index in [9.17, 15) is 4.39 Å². The van der Waals surface area contributed by atoms with Gasteiger partial charge in [0.2, 0.25) is 0 Å². The van der Waals surface area contributed by atoms with Crippen molar-refractivity contribution in [3.8, 4) is 22.5 Å². The summed E-state index contributed by atoms with van der Waals surface area (Å²) in [5.74, 6) is 0.924. The molecule has 0 radical (unpaired) electrons. The predicted octanol–water partition coefficient (Wildman–Crippen LogP) is 4.49. The first-order chi connectivity index (χ1) is 12.2. The largest absolute Gasteiger partial charge is 0.327 e. The monoisotopic (exact) mass is 332 g/mol. The Bertz CT molecular complexity index is 1110. The van der Waals surface area contributed by atoms with Gasteiger partial charge in [-0.25, -0.2) is 9.37 Å². The van der Waals surface area contributed by atoms with Crippen molar-refractivity contribution in [2.24, 2.45) is 0 Å². The second kappa shape index (κ2) is 5.28. The summed E-state index contributed by atoms with van der Waals surface area (Å²) < 4.78 is 16.0. The van der Waals surface area contributed by atoms with Crippen LogP contribution in [-0.4, -0.2) is 19.7 Å². The molecule has 0 amide bonds. The Kier molecular flexibility index (Phi) is 3.04. The number of aromatic nitrogens is 4. The van der Waals surface area contributed by atoms with Crippen LogP contribution < -0.4 is 0 Å². The fourth-order valence-corrected chi connectivity index (χ4v) is 3.70. The molecule has 124 valence electrons. The molecule has 0 unspecified atom stereocenters. The van der Waals surface area contributed by atoms with Gasteiger partial charge >= 0.3 is 0 Å². The van der Waals surface area contributed by atoms with Crippen molar-refractivity contribution >= 4 is 10.9 Å². The third-order valence-electron chi connectivity index (χ3n) is 4.98. The third kappa shape index (κ3) is 2.19. The van der Waals surface area contributed by atoms with Crippen LogP contribution in [-0.2, 0) is 13.0 Å². The molecule has 0 saturated heterocycles. The molecule has 2 aromatic carbocycles. The average molecular weight is 332 g/mol. The summed E-state index contributed by atoms with van der Waals surface area (Å²) in [7, 11) is 0. The number of benzene rings is 2. The van der Waals surface area contributed by atoms with Crippen molar-refractivity contribution in [3.05, 3.63) is 59.8 Å². The van der Waals surface area contributed by atoms with E-state index in [2.05, 4.69) is 33.0 Å². The smallest absolute Gasteiger partial charge is 0.126 e. The molecule has 3 heterocycles. The molecule has 5 heteroatoms. The molecule has 1 aliphatic heterocycles. The SMILES string of the molecule is Cc1cc(-c2nc3n(c2-c2ccc4cn[nH]c4c2)CCC3)ccc1F. The van der Waals surface area contributed by atoms with Gasteiger partial charge in [-0.3, -0.25) is 5.10 Å². The van der Waals surface area contributed by atoms with Gasteiger partial charge < -0.3 is 4.57 Å². The van der Waals surface area contributed by atoms with Crippen LogP contribution in [0.3, 0.4) is 0 Å². The van der Waals surface area contributed by atoms with Crippen LogP contribution in [0, 0.1) is 12.7 Å². The highest BCUT2D eigenvalue weighted by Gasteiger charge is 2.23. The average Bonchev–Trinajstić information content (AvgIpc) is 3.31. The van der Waals surface area contributed by atoms with Crippen molar-refractivity contribution in [3.63, 3.8) is 0 Å². The number of nitrogens with zero attached hydrogens (tertiary/aromatic N) is 3. The summed E-state index contributed by atoms with van der Waals surface area (Å²) in [4.78, 5) is 4.89. The van der Waals surface area contributed by atoms with Crippen molar-refractivity contribution in [2.75, 3.05) is 0 Å². The van der Waals surface area contributed by atoms with E-state index in [1.807, 2.05) is 18.3 Å². The highest BCUT2D eigenvalue weighted by Crippen LogP contribution is 2.37. The lowest BCUT2D eigenvalue weighted by molar-refractivity contribution is 0.619. The normalized spacial score (nSPS) is 13.5. The fourth-order valence-electron chi connectivity index (χ4n) is 3.70. The Labute approximate surface area is 144 Å². The highest BCUT2D eigenvalue weighted by atomic mass is 19.1. The molecule has 0 aliphatic carbocycles. The topological polar surface area (TPSA) is 46.5 Å². The fraction of sp³-hybridized carbons (Fsp3) is 0.200. The van der Waals surface area contributed by atoms with Crippen LogP contribution >= 0.6 is 0 Å². The van der Waals surface area contributed by atoms with Crippen LogP contribution in [0.5, 0.6) is 0 Å². The maximum absolute atomic E-state index is 13.7. The van der Waals surface area contributed by atoms with Gasteiger partial charge in [-0.2, -0.15) is 5.10 Å². The molecule has 1 N–H and O–H groups in total. The molecule has 0 fully saturated rings. The maximum Gasteiger partial charge on any atom is 0.126 e. The number of rotatable bonds is 2. The van der Waals surface area contributed by atoms with E-state index in [4.69, 9.17) is 4.98 Å². The van der Waals surface area contributed by atoms with Crippen LogP contribution in [0.1, 0.15) is 17.8 Å². The van der Waals surface area contributed by atoms with E-state index in [-0.39, 0.29) is 5.82 Å². The zero-order chi connectivity index (χ0) is 17.0. The van der Waals surface area contributed by atoms with Crippen LogP contribution in [0.15, 0.2) is 42.6 Å². The lowest BCUT2D eigenvalue weighted by atomic mass is 10.0. The highest BCUT2D eigenvalue weighted by molar-refractivity contribution is 5.87. The van der Waals surface area contributed by atoms with Gasteiger partial charge in [0.05, 0.1) is 23.1 Å².